The van der Waals surface area contributed by atoms with Crippen LogP contribution >= 0.6 is 0 Å². The van der Waals surface area contributed by atoms with Gasteiger partial charge in [-0.3, -0.25) is 9.59 Å². The molecule has 0 aliphatic heterocycles. The summed E-state index contributed by atoms with van der Waals surface area (Å²) in [5.74, 6) is -4.93. The van der Waals surface area contributed by atoms with Crippen molar-refractivity contribution in [3.63, 3.8) is 0 Å². The molecular formula is C15H13F2NO3. The van der Waals surface area contributed by atoms with Gasteiger partial charge in [0.05, 0.1) is 17.5 Å². The van der Waals surface area contributed by atoms with E-state index in [9.17, 15) is 23.5 Å². The van der Waals surface area contributed by atoms with E-state index in [0.29, 0.717) is 6.42 Å². The highest BCUT2D eigenvalue weighted by molar-refractivity contribution is 5.96. The number of benzene rings is 1. The Balaban J connectivity index is 1.83. The molecule has 2 aliphatic rings. The highest BCUT2D eigenvalue weighted by Gasteiger charge is 2.51. The van der Waals surface area contributed by atoms with Gasteiger partial charge in [-0.05, 0) is 30.4 Å². The molecule has 1 amide bonds. The Morgan fingerprint density at radius 1 is 1.14 bits per heavy atom. The Morgan fingerprint density at radius 2 is 1.81 bits per heavy atom. The minimum absolute atomic E-state index is 0.160. The maximum atomic E-state index is 13.5. The molecule has 4 nitrogen and oxygen atoms in total. The van der Waals surface area contributed by atoms with Gasteiger partial charge in [-0.2, -0.15) is 0 Å². The van der Waals surface area contributed by atoms with Crippen molar-refractivity contribution < 1.29 is 23.5 Å². The van der Waals surface area contributed by atoms with Crippen LogP contribution in [0.5, 0.6) is 0 Å². The van der Waals surface area contributed by atoms with Crippen LogP contribution in [-0.4, -0.2) is 17.0 Å². The first kappa shape index (κ1) is 13.7. The average molecular weight is 293 g/mol. The van der Waals surface area contributed by atoms with E-state index in [4.69, 9.17) is 0 Å². The van der Waals surface area contributed by atoms with Gasteiger partial charge in [0.15, 0.2) is 0 Å². The molecular weight excluding hydrogens is 280 g/mol. The van der Waals surface area contributed by atoms with Crippen LogP contribution in [0.1, 0.15) is 6.42 Å². The lowest BCUT2D eigenvalue weighted by molar-refractivity contribution is -0.146. The van der Waals surface area contributed by atoms with Crippen molar-refractivity contribution in [3.05, 3.63) is 42.0 Å². The first-order chi connectivity index (χ1) is 9.97. The van der Waals surface area contributed by atoms with Crippen LogP contribution in [0.3, 0.4) is 0 Å². The fourth-order valence-electron chi connectivity index (χ4n) is 3.33. The quantitative estimate of drug-likeness (QED) is 0.841. The van der Waals surface area contributed by atoms with Crippen LogP contribution < -0.4 is 5.32 Å². The summed E-state index contributed by atoms with van der Waals surface area (Å²) in [4.78, 5) is 23.6. The Hall–Kier alpha value is -2.24. The van der Waals surface area contributed by atoms with E-state index in [1.807, 2.05) is 12.2 Å². The number of amides is 1. The van der Waals surface area contributed by atoms with Gasteiger partial charge in [0.1, 0.15) is 11.6 Å². The summed E-state index contributed by atoms with van der Waals surface area (Å²) in [6, 6.07) is 2.75. The topological polar surface area (TPSA) is 66.4 Å². The number of carbonyl (C=O) groups is 2. The number of allylic oxidation sites excluding steroid dienone is 2. The molecule has 0 spiro atoms. The second-order valence-corrected chi connectivity index (χ2v) is 5.45. The van der Waals surface area contributed by atoms with E-state index in [0.717, 1.165) is 18.2 Å². The fraction of sp³-hybridized carbons (Fsp3) is 0.333. The molecule has 1 fully saturated rings. The first-order valence-electron chi connectivity index (χ1n) is 6.64. The molecule has 1 aromatic carbocycles. The van der Waals surface area contributed by atoms with Crippen LogP contribution in [0.25, 0.3) is 0 Å². The minimum atomic E-state index is -1.04. The zero-order chi connectivity index (χ0) is 15.1. The van der Waals surface area contributed by atoms with Gasteiger partial charge in [-0.25, -0.2) is 8.78 Å². The van der Waals surface area contributed by atoms with E-state index in [2.05, 4.69) is 5.32 Å². The average Bonchev–Trinajstić information content (AvgIpc) is 3.03. The third-order valence-electron chi connectivity index (χ3n) is 4.23. The van der Waals surface area contributed by atoms with E-state index < -0.39 is 35.3 Å². The molecule has 21 heavy (non-hydrogen) atoms. The minimum Gasteiger partial charge on any atom is -0.481 e. The van der Waals surface area contributed by atoms with E-state index in [-0.39, 0.29) is 17.5 Å². The van der Waals surface area contributed by atoms with Gasteiger partial charge in [0.2, 0.25) is 5.91 Å². The number of carboxylic acids is 1. The molecule has 6 heteroatoms. The summed E-state index contributed by atoms with van der Waals surface area (Å²) < 4.78 is 26.7. The lowest BCUT2D eigenvalue weighted by Crippen LogP contribution is -2.36. The predicted octanol–water partition coefficient (Wildman–Crippen LogP) is 2.43. The van der Waals surface area contributed by atoms with Gasteiger partial charge in [-0.15, -0.1) is 0 Å². The lowest BCUT2D eigenvalue weighted by Gasteiger charge is -2.23. The summed E-state index contributed by atoms with van der Waals surface area (Å²) in [7, 11) is 0. The Morgan fingerprint density at radius 3 is 2.48 bits per heavy atom. The van der Waals surface area contributed by atoms with Crippen LogP contribution in [0.2, 0.25) is 0 Å². The summed E-state index contributed by atoms with van der Waals surface area (Å²) in [6.45, 7) is 0. The van der Waals surface area contributed by atoms with E-state index in [1.165, 1.54) is 0 Å². The number of rotatable bonds is 3. The number of anilines is 1. The molecule has 0 heterocycles. The van der Waals surface area contributed by atoms with Crippen molar-refractivity contribution in [2.45, 2.75) is 6.42 Å². The fourth-order valence-corrected chi connectivity index (χ4v) is 3.33. The molecule has 1 aromatic rings. The number of hydrogen-bond donors (Lipinski definition) is 2. The van der Waals surface area contributed by atoms with E-state index in [1.54, 1.807) is 0 Å². The summed E-state index contributed by atoms with van der Waals surface area (Å²) in [5, 5.41) is 11.6. The maximum absolute atomic E-state index is 13.5. The van der Waals surface area contributed by atoms with Crippen LogP contribution in [0.15, 0.2) is 30.4 Å². The molecule has 2 bridgehead atoms. The summed E-state index contributed by atoms with van der Waals surface area (Å²) >= 11 is 0. The molecule has 0 radical (unpaired) electrons. The molecule has 3 rings (SSSR count). The molecule has 1 saturated carbocycles. The van der Waals surface area contributed by atoms with Crippen LogP contribution in [0, 0.1) is 35.3 Å². The Kier molecular flexibility index (Phi) is 3.23. The maximum Gasteiger partial charge on any atom is 0.307 e. The zero-order valence-corrected chi connectivity index (χ0v) is 10.9. The lowest BCUT2D eigenvalue weighted by atomic mass is 9.82. The van der Waals surface area contributed by atoms with Crippen molar-refractivity contribution in [3.8, 4) is 0 Å². The number of fused-ring (bicyclic) bond motifs is 2. The Bertz CT molecular complexity index is 644. The largest absolute Gasteiger partial charge is 0.481 e. The first-order valence-corrected chi connectivity index (χ1v) is 6.64. The third-order valence-corrected chi connectivity index (χ3v) is 4.23. The molecule has 2 N–H and O–H groups in total. The van der Waals surface area contributed by atoms with Gasteiger partial charge in [0, 0.05) is 6.07 Å². The summed E-state index contributed by atoms with van der Waals surface area (Å²) in [6.07, 6.45) is 4.26. The Labute approximate surface area is 119 Å². The molecule has 0 unspecified atom stereocenters. The SMILES string of the molecule is O=C(O)[C@H]1[C@H](C(=O)Nc2cc(F)ccc2F)[C@H]2C=C[C@H]1C2. The van der Waals surface area contributed by atoms with Gasteiger partial charge < -0.3 is 10.4 Å². The number of aliphatic carboxylic acids is 1. The molecule has 0 aromatic heterocycles. The monoisotopic (exact) mass is 293 g/mol. The normalized spacial score (nSPS) is 29.6. The van der Waals surface area contributed by atoms with Crippen molar-refractivity contribution in [2.24, 2.45) is 23.7 Å². The van der Waals surface area contributed by atoms with Gasteiger partial charge in [-0.1, -0.05) is 12.2 Å². The van der Waals surface area contributed by atoms with Crippen molar-refractivity contribution in [1.29, 1.82) is 0 Å². The molecule has 4 atom stereocenters. The van der Waals surface area contributed by atoms with Crippen LogP contribution in [0.4, 0.5) is 14.5 Å². The van der Waals surface area contributed by atoms with Crippen LogP contribution in [-0.2, 0) is 9.59 Å². The van der Waals surface area contributed by atoms with Crippen molar-refractivity contribution in [1.82, 2.24) is 0 Å². The number of carbonyl (C=O) groups excluding carboxylic acids is 1. The predicted molar refractivity (Wildman–Crippen MR) is 70.3 cm³/mol. The smallest absolute Gasteiger partial charge is 0.307 e. The molecule has 0 saturated heterocycles. The van der Waals surface area contributed by atoms with Gasteiger partial charge in [0.25, 0.3) is 0 Å². The van der Waals surface area contributed by atoms with Gasteiger partial charge >= 0.3 is 5.97 Å². The second-order valence-electron chi connectivity index (χ2n) is 5.45. The highest BCUT2D eigenvalue weighted by atomic mass is 19.1. The molecule has 110 valence electrons. The number of halogens is 2. The highest BCUT2D eigenvalue weighted by Crippen LogP contribution is 2.48. The van der Waals surface area contributed by atoms with Crippen molar-refractivity contribution >= 4 is 17.6 Å². The standard InChI is InChI=1S/C15H13F2NO3/c16-9-3-4-10(17)11(6-9)18-14(19)12-7-1-2-8(5-7)13(12)15(20)21/h1-4,6-8,12-13H,5H2,(H,18,19)(H,20,21)/t7-,8-,12+,13+/m0/s1. The number of carboxylic acid groups (broad SMARTS) is 1. The number of hydrogen-bond acceptors (Lipinski definition) is 2. The second kappa shape index (κ2) is 4.95. The van der Waals surface area contributed by atoms with E-state index >= 15 is 0 Å². The number of nitrogens with one attached hydrogen (secondary N) is 1. The zero-order valence-electron chi connectivity index (χ0n) is 10.9. The third kappa shape index (κ3) is 2.30. The summed E-state index contributed by atoms with van der Waals surface area (Å²) in [5.41, 5.74) is -0.268. The van der Waals surface area contributed by atoms with Crippen molar-refractivity contribution in [2.75, 3.05) is 5.32 Å². The molecule has 2 aliphatic carbocycles.